The maximum atomic E-state index is 10.5. The van der Waals surface area contributed by atoms with Gasteiger partial charge in [-0.3, -0.25) is 9.59 Å². The normalized spacial score (nSPS) is 11.9. The molecule has 0 aliphatic heterocycles. The number of carbonyl (C=O) groups is 2. The molecule has 1 radical (unpaired) electrons. The van der Waals surface area contributed by atoms with E-state index in [1.54, 1.807) is 6.92 Å². The van der Waals surface area contributed by atoms with Crippen LogP contribution in [0.1, 0.15) is 20.8 Å². The Morgan fingerprint density at radius 3 is 2.27 bits per heavy atom. The number of ether oxygens (including phenoxy) is 2. The van der Waals surface area contributed by atoms with Crippen molar-refractivity contribution >= 4 is 11.9 Å². The SMILES string of the molecule is C[CH]C(=O)OC(C)OC(C)=O. The van der Waals surface area contributed by atoms with Crippen molar-refractivity contribution in [3.8, 4) is 0 Å². The summed E-state index contributed by atoms with van der Waals surface area (Å²) in [4.78, 5) is 20.8. The zero-order chi connectivity index (χ0) is 8.85. The van der Waals surface area contributed by atoms with Gasteiger partial charge in [0.2, 0.25) is 6.29 Å². The molecule has 0 N–H and O–H groups in total. The number of rotatable bonds is 3. The first kappa shape index (κ1) is 9.94. The van der Waals surface area contributed by atoms with Crippen LogP contribution in [0.4, 0.5) is 0 Å². The Kier molecular flexibility index (Phi) is 4.26. The minimum absolute atomic E-state index is 0.471. The first-order chi connectivity index (χ1) is 5.06. The molecular weight excluding hydrogens is 148 g/mol. The van der Waals surface area contributed by atoms with Gasteiger partial charge in [-0.25, -0.2) is 0 Å². The molecule has 0 saturated carbocycles. The van der Waals surface area contributed by atoms with Gasteiger partial charge in [0.1, 0.15) is 0 Å². The van der Waals surface area contributed by atoms with E-state index in [1.165, 1.54) is 20.3 Å². The maximum Gasteiger partial charge on any atom is 0.312 e. The maximum absolute atomic E-state index is 10.5. The van der Waals surface area contributed by atoms with Gasteiger partial charge < -0.3 is 9.47 Å². The summed E-state index contributed by atoms with van der Waals surface area (Å²) < 4.78 is 9.09. The number of hydrogen-bond acceptors (Lipinski definition) is 4. The van der Waals surface area contributed by atoms with E-state index in [1.807, 2.05) is 0 Å². The van der Waals surface area contributed by atoms with Crippen molar-refractivity contribution in [2.45, 2.75) is 27.1 Å². The lowest BCUT2D eigenvalue weighted by molar-refractivity contribution is -0.180. The summed E-state index contributed by atoms with van der Waals surface area (Å²) in [6.45, 7) is 4.27. The molecule has 0 bridgehead atoms. The van der Waals surface area contributed by atoms with Gasteiger partial charge in [-0.1, -0.05) is 6.92 Å². The lowest BCUT2D eigenvalue weighted by atomic mass is 10.5. The summed E-state index contributed by atoms with van der Waals surface area (Å²) in [5.74, 6) is -0.972. The predicted molar refractivity (Wildman–Crippen MR) is 37.3 cm³/mol. The molecule has 0 amide bonds. The molecule has 0 spiro atoms. The van der Waals surface area contributed by atoms with Gasteiger partial charge in [-0.05, 0) is 0 Å². The molecule has 11 heavy (non-hydrogen) atoms. The fourth-order valence-electron chi connectivity index (χ4n) is 0.489. The minimum atomic E-state index is -0.809. The van der Waals surface area contributed by atoms with Crippen molar-refractivity contribution < 1.29 is 19.1 Å². The van der Waals surface area contributed by atoms with E-state index in [9.17, 15) is 9.59 Å². The van der Waals surface area contributed by atoms with E-state index in [2.05, 4.69) is 9.47 Å². The first-order valence-electron chi connectivity index (χ1n) is 3.23. The van der Waals surface area contributed by atoms with Gasteiger partial charge in [-0.15, -0.1) is 0 Å². The highest BCUT2D eigenvalue weighted by molar-refractivity contribution is 5.78. The molecule has 4 heteroatoms. The minimum Gasteiger partial charge on any atom is -0.426 e. The zero-order valence-corrected chi connectivity index (χ0v) is 6.79. The molecule has 0 saturated heterocycles. The summed E-state index contributed by atoms with van der Waals surface area (Å²) in [5.41, 5.74) is 0. The van der Waals surface area contributed by atoms with Crippen LogP contribution in [0.15, 0.2) is 0 Å². The fourth-order valence-corrected chi connectivity index (χ4v) is 0.489. The van der Waals surface area contributed by atoms with Crippen LogP contribution in [0.2, 0.25) is 0 Å². The van der Waals surface area contributed by atoms with Crippen molar-refractivity contribution in [1.29, 1.82) is 0 Å². The second-order valence-electron chi connectivity index (χ2n) is 1.90. The van der Waals surface area contributed by atoms with E-state index < -0.39 is 18.2 Å². The summed E-state index contributed by atoms with van der Waals surface area (Å²) >= 11 is 0. The summed E-state index contributed by atoms with van der Waals surface area (Å²) in [5, 5.41) is 0. The number of hydrogen-bond donors (Lipinski definition) is 0. The van der Waals surface area contributed by atoms with Crippen LogP contribution in [0.25, 0.3) is 0 Å². The van der Waals surface area contributed by atoms with Crippen molar-refractivity contribution in [1.82, 2.24) is 0 Å². The van der Waals surface area contributed by atoms with Crippen molar-refractivity contribution in [2.75, 3.05) is 0 Å². The largest absolute Gasteiger partial charge is 0.426 e. The monoisotopic (exact) mass is 159 g/mol. The van der Waals surface area contributed by atoms with Gasteiger partial charge in [0.15, 0.2) is 0 Å². The smallest absolute Gasteiger partial charge is 0.312 e. The highest BCUT2D eigenvalue weighted by Crippen LogP contribution is 1.95. The lowest BCUT2D eigenvalue weighted by Crippen LogP contribution is -2.19. The Morgan fingerprint density at radius 1 is 1.36 bits per heavy atom. The molecule has 1 unspecified atom stereocenters. The van der Waals surface area contributed by atoms with Crippen molar-refractivity contribution in [2.24, 2.45) is 0 Å². The molecule has 1 atom stereocenters. The molecule has 63 valence electrons. The number of carbonyl (C=O) groups excluding carboxylic acids is 2. The van der Waals surface area contributed by atoms with Crippen LogP contribution in [-0.2, 0) is 19.1 Å². The molecule has 0 aromatic heterocycles. The average molecular weight is 159 g/mol. The Bertz CT molecular complexity index is 153. The van der Waals surface area contributed by atoms with Crippen LogP contribution in [0, 0.1) is 6.42 Å². The summed E-state index contributed by atoms with van der Waals surface area (Å²) in [7, 11) is 0. The molecular formula is C7H11O4. The van der Waals surface area contributed by atoms with E-state index in [4.69, 9.17) is 0 Å². The standard InChI is InChI=1S/C7H11O4/c1-4-7(9)11-6(3)10-5(2)8/h4,6H,1-3H3. The van der Waals surface area contributed by atoms with E-state index >= 15 is 0 Å². The molecule has 0 aromatic carbocycles. The van der Waals surface area contributed by atoms with Crippen LogP contribution in [-0.4, -0.2) is 18.2 Å². The predicted octanol–water partition coefficient (Wildman–Crippen LogP) is 0.663. The third-order valence-electron chi connectivity index (χ3n) is 0.850. The highest BCUT2D eigenvalue weighted by Gasteiger charge is 2.09. The summed E-state index contributed by atoms with van der Waals surface area (Å²) in [6.07, 6.45) is 0.441. The Balaban J connectivity index is 3.60. The fraction of sp³-hybridized carbons (Fsp3) is 0.571. The van der Waals surface area contributed by atoms with Crippen LogP contribution < -0.4 is 0 Å². The number of esters is 2. The molecule has 4 nitrogen and oxygen atoms in total. The van der Waals surface area contributed by atoms with E-state index in [0.717, 1.165) is 0 Å². The average Bonchev–Trinajstić information content (AvgIpc) is 1.85. The molecule has 0 aliphatic carbocycles. The van der Waals surface area contributed by atoms with Crippen molar-refractivity contribution in [3.05, 3.63) is 6.42 Å². The van der Waals surface area contributed by atoms with E-state index in [0.29, 0.717) is 0 Å². The second kappa shape index (κ2) is 4.71. The van der Waals surface area contributed by atoms with Gasteiger partial charge >= 0.3 is 11.9 Å². The Hall–Kier alpha value is -1.06. The van der Waals surface area contributed by atoms with Crippen LogP contribution >= 0.6 is 0 Å². The van der Waals surface area contributed by atoms with Crippen LogP contribution in [0.3, 0.4) is 0 Å². The Labute approximate surface area is 65.5 Å². The van der Waals surface area contributed by atoms with Gasteiger partial charge in [0.05, 0.1) is 6.42 Å². The lowest BCUT2D eigenvalue weighted by Gasteiger charge is -2.11. The van der Waals surface area contributed by atoms with E-state index in [-0.39, 0.29) is 0 Å². The molecule has 0 heterocycles. The molecule has 0 rings (SSSR count). The first-order valence-corrected chi connectivity index (χ1v) is 3.23. The van der Waals surface area contributed by atoms with Gasteiger partial charge in [0.25, 0.3) is 0 Å². The van der Waals surface area contributed by atoms with Gasteiger partial charge in [0, 0.05) is 13.8 Å². The molecule has 0 fully saturated rings. The quantitative estimate of drug-likeness (QED) is 0.448. The zero-order valence-electron chi connectivity index (χ0n) is 6.79. The second-order valence-corrected chi connectivity index (χ2v) is 1.90. The molecule has 0 aliphatic rings. The van der Waals surface area contributed by atoms with Gasteiger partial charge in [-0.2, -0.15) is 0 Å². The molecule has 0 aromatic rings. The topological polar surface area (TPSA) is 52.6 Å². The Morgan fingerprint density at radius 2 is 1.91 bits per heavy atom. The third-order valence-corrected chi connectivity index (χ3v) is 0.850. The van der Waals surface area contributed by atoms with Crippen LogP contribution in [0.5, 0.6) is 0 Å². The summed E-state index contributed by atoms with van der Waals surface area (Å²) in [6, 6.07) is 0. The third kappa shape index (κ3) is 5.39. The van der Waals surface area contributed by atoms with Crippen molar-refractivity contribution in [3.63, 3.8) is 0 Å². The highest BCUT2D eigenvalue weighted by atomic mass is 16.7.